The highest BCUT2D eigenvalue weighted by molar-refractivity contribution is 7.92. The number of hydrogen-bond acceptors (Lipinski definition) is 5. The van der Waals surface area contributed by atoms with Crippen molar-refractivity contribution < 1.29 is 27.1 Å². The average Bonchev–Trinajstić information content (AvgIpc) is 2.94. The van der Waals surface area contributed by atoms with Crippen LogP contribution in [0.4, 0.5) is 10.1 Å². The number of amides is 2. The van der Waals surface area contributed by atoms with Gasteiger partial charge in [0.1, 0.15) is 24.2 Å². The molecule has 40 heavy (non-hydrogen) atoms. The number of hydrogen-bond donors (Lipinski definition) is 1. The van der Waals surface area contributed by atoms with E-state index in [1.807, 2.05) is 13.8 Å². The lowest BCUT2D eigenvalue weighted by Gasteiger charge is -2.32. The summed E-state index contributed by atoms with van der Waals surface area (Å²) in [5, 5.41) is 3.18. The van der Waals surface area contributed by atoms with E-state index in [0.717, 1.165) is 16.4 Å². The van der Waals surface area contributed by atoms with E-state index in [0.29, 0.717) is 35.9 Å². The zero-order valence-electron chi connectivity index (χ0n) is 22.6. The highest BCUT2D eigenvalue weighted by atomic mass is 35.5. The Morgan fingerprint density at radius 1 is 1.00 bits per heavy atom. The second-order valence-electron chi connectivity index (χ2n) is 8.97. The molecule has 2 amide bonds. The molecule has 214 valence electrons. The largest absolute Gasteiger partial charge is 0.494 e. The Labute approximate surface area is 239 Å². The van der Waals surface area contributed by atoms with Crippen LogP contribution in [0.5, 0.6) is 5.75 Å². The first kappa shape index (κ1) is 30.9. The molecule has 0 unspecified atom stereocenters. The summed E-state index contributed by atoms with van der Waals surface area (Å²) in [5.74, 6) is -1.10. The van der Waals surface area contributed by atoms with Gasteiger partial charge in [-0.1, -0.05) is 36.7 Å². The van der Waals surface area contributed by atoms with Gasteiger partial charge in [-0.3, -0.25) is 13.9 Å². The van der Waals surface area contributed by atoms with Crippen LogP contribution < -0.4 is 14.4 Å². The summed E-state index contributed by atoms with van der Waals surface area (Å²) < 4.78 is 47.7. The molecular weight excluding hydrogens is 557 g/mol. The van der Waals surface area contributed by atoms with Crippen molar-refractivity contribution >= 4 is 39.1 Å². The van der Waals surface area contributed by atoms with Gasteiger partial charge in [0.15, 0.2) is 0 Å². The predicted octanol–water partition coefficient (Wildman–Crippen LogP) is 5.02. The molecule has 0 aromatic heterocycles. The number of rotatable bonds is 13. The topological polar surface area (TPSA) is 96.0 Å². The lowest BCUT2D eigenvalue weighted by atomic mass is 10.1. The number of anilines is 1. The number of sulfonamides is 1. The van der Waals surface area contributed by atoms with Gasteiger partial charge in [-0.15, -0.1) is 0 Å². The molecule has 3 aromatic rings. The predicted molar refractivity (Wildman–Crippen MR) is 153 cm³/mol. The first-order valence-electron chi connectivity index (χ1n) is 12.9. The monoisotopic (exact) mass is 589 g/mol. The van der Waals surface area contributed by atoms with Gasteiger partial charge in [0, 0.05) is 18.1 Å². The summed E-state index contributed by atoms with van der Waals surface area (Å²) in [4.78, 5) is 27.9. The molecular formula is C29H33ClFN3O5S. The second-order valence-corrected chi connectivity index (χ2v) is 11.2. The van der Waals surface area contributed by atoms with E-state index in [-0.39, 0.29) is 23.0 Å². The van der Waals surface area contributed by atoms with Crippen LogP contribution in [0.1, 0.15) is 32.8 Å². The van der Waals surface area contributed by atoms with E-state index in [9.17, 15) is 22.4 Å². The molecule has 1 N–H and O–H groups in total. The molecule has 0 fully saturated rings. The van der Waals surface area contributed by atoms with Crippen molar-refractivity contribution in [2.24, 2.45) is 0 Å². The standard InChI is InChI=1S/C29H33ClFN3O5S/c1-4-18-32-29(36)21(3)33(19-22-8-6-7-9-27(22)30)28(35)20-34(24-12-10-23(31)11-13-24)40(37,38)26-16-14-25(15-17-26)39-5-2/h6-17,21H,4-5,18-20H2,1-3H3,(H,32,36)/t21-/m1/s1. The molecule has 0 bridgehead atoms. The van der Waals surface area contributed by atoms with Crippen LogP contribution in [-0.4, -0.2) is 50.9 Å². The van der Waals surface area contributed by atoms with E-state index in [1.54, 1.807) is 31.2 Å². The fourth-order valence-corrected chi connectivity index (χ4v) is 5.54. The fraction of sp³-hybridized carbons (Fsp3) is 0.310. The third-order valence-electron chi connectivity index (χ3n) is 6.13. The van der Waals surface area contributed by atoms with Crippen LogP contribution in [0.15, 0.2) is 77.7 Å². The SMILES string of the molecule is CCCNC(=O)[C@@H](C)N(Cc1ccccc1Cl)C(=O)CN(c1ccc(F)cc1)S(=O)(=O)c1ccc(OCC)cc1. The molecule has 11 heteroatoms. The molecule has 1 atom stereocenters. The zero-order valence-corrected chi connectivity index (χ0v) is 24.2. The Morgan fingerprint density at radius 2 is 1.65 bits per heavy atom. The number of halogens is 2. The first-order chi connectivity index (χ1) is 19.1. The van der Waals surface area contributed by atoms with Gasteiger partial charge in [-0.05, 0) is 80.4 Å². The Morgan fingerprint density at radius 3 is 2.25 bits per heavy atom. The summed E-state index contributed by atoms with van der Waals surface area (Å²) in [6.45, 7) is 5.45. The van der Waals surface area contributed by atoms with Gasteiger partial charge >= 0.3 is 0 Å². The average molecular weight is 590 g/mol. The van der Waals surface area contributed by atoms with Gasteiger partial charge in [0.2, 0.25) is 11.8 Å². The lowest BCUT2D eigenvalue weighted by molar-refractivity contribution is -0.139. The Bertz CT molecular complexity index is 1400. The highest BCUT2D eigenvalue weighted by Gasteiger charge is 2.32. The van der Waals surface area contributed by atoms with E-state index in [1.165, 1.54) is 41.3 Å². The van der Waals surface area contributed by atoms with Crippen molar-refractivity contribution in [3.8, 4) is 5.75 Å². The number of carbonyl (C=O) groups excluding carboxylic acids is 2. The molecule has 3 rings (SSSR count). The summed E-state index contributed by atoms with van der Waals surface area (Å²) in [6.07, 6.45) is 0.704. The van der Waals surface area contributed by atoms with Crippen molar-refractivity contribution in [3.05, 3.63) is 89.2 Å². The van der Waals surface area contributed by atoms with Crippen molar-refractivity contribution in [2.75, 3.05) is 24.0 Å². The molecule has 0 aliphatic carbocycles. The van der Waals surface area contributed by atoms with E-state index >= 15 is 0 Å². The molecule has 0 saturated carbocycles. The quantitative estimate of drug-likeness (QED) is 0.302. The number of carbonyl (C=O) groups is 2. The van der Waals surface area contributed by atoms with Gasteiger partial charge in [0.25, 0.3) is 10.0 Å². The third kappa shape index (κ3) is 7.73. The lowest BCUT2D eigenvalue weighted by Crippen LogP contribution is -2.51. The minimum absolute atomic E-state index is 0.0282. The number of nitrogens with zero attached hydrogens (tertiary/aromatic N) is 2. The van der Waals surface area contributed by atoms with Gasteiger partial charge in [-0.2, -0.15) is 0 Å². The van der Waals surface area contributed by atoms with Crippen LogP contribution in [0.25, 0.3) is 0 Å². The molecule has 8 nitrogen and oxygen atoms in total. The van der Waals surface area contributed by atoms with Gasteiger partial charge < -0.3 is 15.0 Å². The Balaban J connectivity index is 2.01. The van der Waals surface area contributed by atoms with Crippen molar-refractivity contribution in [3.63, 3.8) is 0 Å². The zero-order chi connectivity index (χ0) is 29.3. The summed E-state index contributed by atoms with van der Waals surface area (Å²) in [6, 6.07) is 16.6. The van der Waals surface area contributed by atoms with Crippen LogP contribution in [-0.2, 0) is 26.2 Å². The van der Waals surface area contributed by atoms with Crippen LogP contribution in [0.3, 0.4) is 0 Å². The van der Waals surface area contributed by atoms with Gasteiger partial charge in [0.05, 0.1) is 17.2 Å². The minimum Gasteiger partial charge on any atom is -0.494 e. The minimum atomic E-state index is -4.29. The molecule has 0 radical (unpaired) electrons. The first-order valence-corrected chi connectivity index (χ1v) is 14.7. The third-order valence-corrected chi connectivity index (χ3v) is 8.29. The highest BCUT2D eigenvalue weighted by Crippen LogP contribution is 2.27. The number of benzene rings is 3. The smallest absolute Gasteiger partial charge is 0.264 e. The number of nitrogens with one attached hydrogen (secondary N) is 1. The molecule has 0 aliphatic rings. The molecule has 0 aliphatic heterocycles. The van der Waals surface area contributed by atoms with Crippen LogP contribution in [0, 0.1) is 5.82 Å². The molecule has 0 spiro atoms. The Hall–Kier alpha value is -3.63. The number of ether oxygens (including phenoxy) is 1. The van der Waals surface area contributed by atoms with E-state index < -0.39 is 34.3 Å². The maximum absolute atomic E-state index is 13.8. The fourth-order valence-electron chi connectivity index (χ4n) is 3.93. The van der Waals surface area contributed by atoms with E-state index in [2.05, 4.69) is 5.32 Å². The summed E-state index contributed by atoms with van der Waals surface area (Å²) in [7, 11) is -4.29. The summed E-state index contributed by atoms with van der Waals surface area (Å²) >= 11 is 6.35. The molecule has 3 aromatic carbocycles. The molecule has 0 saturated heterocycles. The van der Waals surface area contributed by atoms with Crippen molar-refractivity contribution in [1.29, 1.82) is 0 Å². The summed E-state index contributed by atoms with van der Waals surface area (Å²) in [5.41, 5.74) is 0.680. The van der Waals surface area contributed by atoms with Crippen LogP contribution >= 0.6 is 11.6 Å². The Kier molecular flexibility index (Phi) is 10.9. The van der Waals surface area contributed by atoms with Crippen LogP contribution in [0.2, 0.25) is 5.02 Å². The maximum Gasteiger partial charge on any atom is 0.264 e. The van der Waals surface area contributed by atoms with Gasteiger partial charge in [-0.25, -0.2) is 12.8 Å². The maximum atomic E-state index is 13.8. The van der Waals surface area contributed by atoms with E-state index in [4.69, 9.17) is 16.3 Å². The molecule has 0 heterocycles. The van der Waals surface area contributed by atoms with Crippen molar-refractivity contribution in [1.82, 2.24) is 10.2 Å². The second kappa shape index (κ2) is 14.1. The normalized spacial score (nSPS) is 11.9. The van der Waals surface area contributed by atoms with Crippen molar-refractivity contribution in [2.45, 2.75) is 44.7 Å².